The first kappa shape index (κ1) is 30.4. The third-order valence-corrected chi connectivity index (χ3v) is 6.71. The zero-order valence-electron chi connectivity index (χ0n) is 23.1. The van der Waals surface area contributed by atoms with Gasteiger partial charge in [-0.3, -0.25) is 4.79 Å². The number of cyclic esters (lactones) is 1. The normalized spacial score (nSPS) is 21.3. The summed E-state index contributed by atoms with van der Waals surface area (Å²) in [4.78, 5) is 24.6. The lowest BCUT2D eigenvalue weighted by atomic mass is 9.83. The Hall–Kier alpha value is -3.78. The molecule has 0 spiro atoms. The number of carbonyl (C=O) groups is 2. The predicted molar refractivity (Wildman–Crippen MR) is 154 cm³/mol. The topological polar surface area (TPSA) is 140 Å². The van der Waals surface area contributed by atoms with E-state index in [1.807, 2.05) is 0 Å². The predicted octanol–water partition coefficient (Wildman–Crippen LogP) is 4.51. The van der Waals surface area contributed by atoms with Gasteiger partial charge in [-0.15, -0.1) is 0 Å². The number of allylic oxidation sites excluding steroid dienone is 1. The minimum atomic E-state index is -1.92. The number of Topliss-reactive ketones (excluding diaryl/α,β-unsaturated/α-hetero) is 1. The smallest absolute Gasteiger partial charge is 0.343 e. The fourth-order valence-corrected chi connectivity index (χ4v) is 4.40. The van der Waals surface area contributed by atoms with Crippen LogP contribution in [0.25, 0.3) is 5.70 Å². The highest BCUT2D eigenvalue weighted by Gasteiger charge is 2.45. The lowest BCUT2D eigenvalue weighted by Crippen LogP contribution is -2.46. The summed E-state index contributed by atoms with van der Waals surface area (Å²) in [6, 6.07) is 5.26. The van der Waals surface area contributed by atoms with E-state index >= 15 is 0 Å². The number of aliphatic hydroxyl groups is 1. The van der Waals surface area contributed by atoms with Crippen molar-refractivity contribution in [3.05, 3.63) is 77.2 Å². The number of ketones is 1. The van der Waals surface area contributed by atoms with E-state index in [0.29, 0.717) is 40.5 Å². The molecule has 8 nitrogen and oxygen atoms in total. The second kappa shape index (κ2) is 13.7. The number of hydrogen-bond donors (Lipinski definition) is 5. The molecule has 2 heterocycles. The van der Waals surface area contributed by atoms with Crippen molar-refractivity contribution in [2.45, 2.75) is 65.4 Å². The van der Waals surface area contributed by atoms with E-state index < -0.39 is 11.6 Å². The SMILES string of the molecule is C=CN/C(=C1\CN/C(=C\C2=C(C(C)=O)COC(=O)[C@]2(O)CC)C1=C)c1c(N)cccc1N.CCCCCC. The van der Waals surface area contributed by atoms with Crippen LogP contribution in [0.3, 0.4) is 0 Å². The van der Waals surface area contributed by atoms with Crippen LogP contribution in [-0.2, 0) is 14.3 Å². The van der Waals surface area contributed by atoms with Crippen molar-refractivity contribution < 1.29 is 19.4 Å². The second-order valence-electron chi connectivity index (χ2n) is 9.35. The van der Waals surface area contributed by atoms with Crippen molar-refractivity contribution in [1.82, 2.24) is 10.6 Å². The van der Waals surface area contributed by atoms with Crippen LogP contribution in [0.15, 0.2) is 71.6 Å². The molecule has 1 fully saturated rings. The number of nitrogens with one attached hydrogen (secondary N) is 2. The van der Waals surface area contributed by atoms with Crippen molar-refractivity contribution in [3.63, 3.8) is 0 Å². The average molecular weight is 523 g/mol. The van der Waals surface area contributed by atoms with Gasteiger partial charge in [0.2, 0.25) is 0 Å². The summed E-state index contributed by atoms with van der Waals surface area (Å²) in [7, 11) is 0. The Balaban J connectivity index is 0.000000757. The maximum Gasteiger partial charge on any atom is 0.343 e. The first-order valence-electron chi connectivity index (χ1n) is 13.1. The molecule has 1 saturated heterocycles. The van der Waals surface area contributed by atoms with Crippen LogP contribution < -0.4 is 22.1 Å². The molecule has 0 radical (unpaired) electrons. The summed E-state index contributed by atoms with van der Waals surface area (Å²) < 4.78 is 5.06. The summed E-state index contributed by atoms with van der Waals surface area (Å²) in [6.07, 6.45) is 8.71. The molecule has 2 aliphatic rings. The van der Waals surface area contributed by atoms with Gasteiger partial charge in [0.05, 0.1) is 5.70 Å². The summed E-state index contributed by atoms with van der Waals surface area (Å²) in [6.45, 7) is 15.6. The van der Waals surface area contributed by atoms with Gasteiger partial charge in [0.15, 0.2) is 11.4 Å². The first-order chi connectivity index (χ1) is 18.1. The molecule has 0 bridgehead atoms. The van der Waals surface area contributed by atoms with Crippen LogP contribution in [0.5, 0.6) is 0 Å². The van der Waals surface area contributed by atoms with Gasteiger partial charge in [-0.05, 0) is 43.3 Å². The van der Waals surface area contributed by atoms with Gasteiger partial charge in [-0.25, -0.2) is 4.79 Å². The minimum Gasteiger partial charge on any atom is -0.458 e. The lowest BCUT2D eigenvalue weighted by Gasteiger charge is -2.32. The highest BCUT2D eigenvalue weighted by molar-refractivity contribution is 6.00. The Bertz CT molecular complexity index is 1150. The lowest BCUT2D eigenvalue weighted by molar-refractivity contribution is -0.163. The Labute approximate surface area is 226 Å². The largest absolute Gasteiger partial charge is 0.458 e. The molecule has 0 saturated carbocycles. The van der Waals surface area contributed by atoms with Crippen molar-refractivity contribution in [1.29, 1.82) is 0 Å². The molecule has 8 heteroatoms. The molecule has 0 aliphatic carbocycles. The maximum absolute atomic E-state index is 12.4. The summed E-state index contributed by atoms with van der Waals surface area (Å²) in [5, 5.41) is 17.4. The third kappa shape index (κ3) is 6.55. The Morgan fingerprint density at radius 3 is 2.32 bits per heavy atom. The number of esters is 1. The molecule has 0 aromatic heterocycles. The second-order valence-corrected chi connectivity index (χ2v) is 9.35. The summed E-state index contributed by atoms with van der Waals surface area (Å²) >= 11 is 0. The van der Waals surface area contributed by atoms with E-state index in [1.165, 1.54) is 38.8 Å². The van der Waals surface area contributed by atoms with E-state index in [0.717, 1.165) is 5.57 Å². The number of carbonyl (C=O) groups excluding carboxylic acids is 2. The quantitative estimate of drug-likeness (QED) is 0.181. The molecule has 1 aromatic carbocycles. The summed E-state index contributed by atoms with van der Waals surface area (Å²) in [5.74, 6) is -1.07. The highest BCUT2D eigenvalue weighted by atomic mass is 16.6. The molecule has 1 atom stereocenters. The van der Waals surface area contributed by atoms with E-state index in [9.17, 15) is 14.7 Å². The van der Waals surface area contributed by atoms with Crippen LogP contribution >= 0.6 is 0 Å². The molecule has 3 rings (SSSR count). The maximum atomic E-state index is 12.4. The number of nitrogens with two attached hydrogens (primary N) is 2. The number of rotatable bonds is 9. The van der Waals surface area contributed by atoms with Crippen LogP contribution in [-0.4, -0.2) is 35.6 Å². The number of ether oxygens (including phenoxy) is 1. The minimum absolute atomic E-state index is 0.0528. The number of benzene rings is 1. The van der Waals surface area contributed by atoms with Crippen molar-refractivity contribution in [3.8, 4) is 0 Å². The first-order valence-corrected chi connectivity index (χ1v) is 13.1. The molecule has 0 amide bonds. The van der Waals surface area contributed by atoms with Gasteiger partial charge in [0, 0.05) is 45.9 Å². The van der Waals surface area contributed by atoms with Gasteiger partial charge in [-0.1, -0.05) is 65.7 Å². The van der Waals surface area contributed by atoms with Crippen molar-refractivity contribution >= 4 is 28.8 Å². The zero-order chi connectivity index (χ0) is 28.5. The van der Waals surface area contributed by atoms with Crippen LogP contribution in [0.1, 0.15) is 65.4 Å². The fourth-order valence-electron chi connectivity index (χ4n) is 4.40. The monoisotopic (exact) mass is 522 g/mol. The van der Waals surface area contributed by atoms with E-state index in [1.54, 1.807) is 31.2 Å². The Morgan fingerprint density at radius 1 is 1.21 bits per heavy atom. The van der Waals surface area contributed by atoms with Gasteiger partial charge >= 0.3 is 5.97 Å². The van der Waals surface area contributed by atoms with Gasteiger partial charge in [-0.2, -0.15) is 0 Å². The molecule has 1 aromatic rings. The zero-order valence-corrected chi connectivity index (χ0v) is 23.1. The number of unbranched alkanes of at least 4 members (excludes halogenated alkanes) is 3. The Morgan fingerprint density at radius 2 is 1.82 bits per heavy atom. The number of anilines is 2. The fraction of sp³-hybridized carbons (Fsp3) is 0.400. The number of nitrogen functional groups attached to an aromatic ring is 2. The van der Waals surface area contributed by atoms with Crippen molar-refractivity contribution in [2.24, 2.45) is 0 Å². The third-order valence-electron chi connectivity index (χ3n) is 6.71. The summed E-state index contributed by atoms with van der Waals surface area (Å²) in [5.41, 5.74) is 15.1. The van der Waals surface area contributed by atoms with Gasteiger partial charge in [0.25, 0.3) is 0 Å². The van der Waals surface area contributed by atoms with Crippen LogP contribution in [0.4, 0.5) is 11.4 Å². The molecule has 2 aliphatic heterocycles. The average Bonchev–Trinajstić information content (AvgIpc) is 3.24. The Kier molecular flexibility index (Phi) is 11.0. The van der Waals surface area contributed by atoms with E-state index in [2.05, 4.69) is 37.6 Å². The standard InChI is InChI=1S/C24H28N4O4.C6H14/c1-5-24(31)17(16(14(4)29)12-32-23(24)30)10-20-13(3)15(11-28-20)22(27-6-2)21-18(25)8-7-9-19(21)26;1-3-5-6-4-2/h6-10,27-28,31H,2-3,5,11-12,25-26H2,1,4H3;3-6H2,1-2H3/b20-10-,22-15+;/t24-;/m0./s1. The van der Waals surface area contributed by atoms with Crippen LogP contribution in [0.2, 0.25) is 0 Å². The molecule has 7 N–H and O–H groups in total. The highest BCUT2D eigenvalue weighted by Crippen LogP contribution is 2.37. The molecular weight excluding hydrogens is 480 g/mol. The van der Waals surface area contributed by atoms with Gasteiger partial charge in [0.1, 0.15) is 6.61 Å². The van der Waals surface area contributed by atoms with E-state index in [4.69, 9.17) is 16.2 Å². The molecule has 38 heavy (non-hydrogen) atoms. The molecular formula is C30H42N4O4. The van der Waals surface area contributed by atoms with Crippen molar-refractivity contribution in [2.75, 3.05) is 24.6 Å². The molecule has 206 valence electrons. The van der Waals surface area contributed by atoms with Crippen LogP contribution in [0, 0.1) is 0 Å². The van der Waals surface area contributed by atoms with E-state index in [-0.39, 0.29) is 30.0 Å². The number of hydrogen-bond acceptors (Lipinski definition) is 8. The molecule has 0 unspecified atom stereocenters. The van der Waals surface area contributed by atoms with Gasteiger partial charge < -0.3 is 31.9 Å².